The second-order valence-corrected chi connectivity index (χ2v) is 7.34. The number of nitrogen functional groups attached to an aromatic ring is 1. The summed E-state index contributed by atoms with van der Waals surface area (Å²) in [5.74, 6) is 0.973. The minimum Gasteiger partial charge on any atom is -0.382 e. The molecule has 1 aliphatic rings. The molecule has 0 atom stereocenters. The zero-order chi connectivity index (χ0) is 19.1. The van der Waals surface area contributed by atoms with Gasteiger partial charge in [0.1, 0.15) is 5.69 Å². The number of aromatic amines is 1. The van der Waals surface area contributed by atoms with Crippen LogP contribution < -0.4 is 5.73 Å². The summed E-state index contributed by atoms with van der Waals surface area (Å²) in [6.45, 7) is 2.19. The molecule has 0 radical (unpaired) electrons. The Morgan fingerprint density at radius 3 is 2.75 bits per heavy atom. The van der Waals surface area contributed by atoms with E-state index in [1.807, 2.05) is 30.5 Å². The van der Waals surface area contributed by atoms with Crippen LogP contribution in [0.3, 0.4) is 0 Å². The molecule has 1 saturated heterocycles. The maximum absolute atomic E-state index is 6.10. The Balaban J connectivity index is 1.47. The fraction of sp³-hybridized carbons (Fsp3) is 0.300. The number of imidazole rings is 1. The van der Waals surface area contributed by atoms with Crippen LogP contribution in [0.25, 0.3) is 33.8 Å². The third-order valence-electron chi connectivity index (χ3n) is 5.37. The van der Waals surface area contributed by atoms with E-state index < -0.39 is 0 Å². The van der Waals surface area contributed by atoms with Gasteiger partial charge in [-0.2, -0.15) is 5.10 Å². The summed E-state index contributed by atoms with van der Waals surface area (Å²) in [4.78, 5) is 19.3. The molecule has 0 amide bonds. The van der Waals surface area contributed by atoms with Crippen molar-refractivity contribution in [2.45, 2.75) is 18.9 Å². The van der Waals surface area contributed by atoms with E-state index in [4.69, 9.17) is 10.7 Å². The number of para-hydroxylation sites is 2. The fourth-order valence-electron chi connectivity index (χ4n) is 3.71. The molecule has 3 aromatic heterocycles. The predicted octanol–water partition coefficient (Wildman–Crippen LogP) is 2.73. The van der Waals surface area contributed by atoms with E-state index in [9.17, 15) is 0 Å². The molecule has 3 N–H and O–H groups in total. The van der Waals surface area contributed by atoms with Gasteiger partial charge in [-0.1, -0.05) is 12.1 Å². The number of likely N-dealkylation sites (tertiary alicyclic amines) is 1. The van der Waals surface area contributed by atoms with Crippen LogP contribution in [-0.2, 0) is 0 Å². The number of hydrogen-bond acceptors (Lipinski definition) is 6. The normalized spacial score (nSPS) is 16.0. The molecule has 1 aromatic carbocycles. The van der Waals surface area contributed by atoms with Crippen molar-refractivity contribution in [3.05, 3.63) is 42.9 Å². The Kier molecular flexibility index (Phi) is 4.05. The number of rotatable bonds is 3. The maximum Gasteiger partial charge on any atom is 0.161 e. The highest BCUT2D eigenvalue weighted by Crippen LogP contribution is 2.27. The van der Waals surface area contributed by atoms with E-state index >= 15 is 0 Å². The Morgan fingerprint density at radius 2 is 1.93 bits per heavy atom. The van der Waals surface area contributed by atoms with Crippen molar-refractivity contribution < 1.29 is 0 Å². The highest BCUT2D eigenvalue weighted by Gasteiger charge is 2.20. The van der Waals surface area contributed by atoms with Gasteiger partial charge >= 0.3 is 0 Å². The molecule has 8 heteroatoms. The van der Waals surface area contributed by atoms with Gasteiger partial charge in [-0.15, -0.1) is 0 Å². The second-order valence-electron chi connectivity index (χ2n) is 7.34. The zero-order valence-electron chi connectivity index (χ0n) is 15.7. The molecule has 142 valence electrons. The van der Waals surface area contributed by atoms with Gasteiger partial charge in [0.2, 0.25) is 0 Å². The number of fused-ring (bicyclic) bond motifs is 1. The Hall–Kier alpha value is -3.26. The molecule has 28 heavy (non-hydrogen) atoms. The molecular weight excluding hydrogens is 352 g/mol. The van der Waals surface area contributed by atoms with E-state index in [-0.39, 0.29) is 0 Å². The van der Waals surface area contributed by atoms with Gasteiger partial charge in [-0.05, 0) is 45.1 Å². The fourth-order valence-corrected chi connectivity index (χ4v) is 3.71. The first-order chi connectivity index (χ1) is 13.7. The van der Waals surface area contributed by atoms with Gasteiger partial charge in [-0.25, -0.2) is 15.0 Å². The lowest BCUT2D eigenvalue weighted by atomic mass is 10.1. The molecule has 1 fully saturated rings. The first kappa shape index (κ1) is 16.9. The van der Waals surface area contributed by atoms with E-state index in [2.05, 4.69) is 42.9 Å². The van der Waals surface area contributed by atoms with Crippen molar-refractivity contribution in [2.75, 3.05) is 25.9 Å². The minimum atomic E-state index is 0.352. The van der Waals surface area contributed by atoms with Crippen LogP contribution in [0.4, 0.5) is 5.82 Å². The van der Waals surface area contributed by atoms with Gasteiger partial charge < -0.3 is 15.6 Å². The van der Waals surface area contributed by atoms with Crippen LogP contribution in [0.5, 0.6) is 0 Å². The first-order valence-electron chi connectivity index (χ1n) is 9.48. The second kappa shape index (κ2) is 6.72. The number of benzene rings is 1. The largest absolute Gasteiger partial charge is 0.382 e. The number of piperidine rings is 1. The topological polar surface area (TPSA) is 102 Å². The maximum atomic E-state index is 6.10. The van der Waals surface area contributed by atoms with E-state index in [0.717, 1.165) is 48.2 Å². The molecule has 0 unspecified atom stereocenters. The number of nitrogens with two attached hydrogens (primary N) is 1. The van der Waals surface area contributed by atoms with Crippen LogP contribution in [0.1, 0.15) is 18.9 Å². The summed E-state index contributed by atoms with van der Waals surface area (Å²) in [6.07, 6.45) is 7.81. The third kappa shape index (κ3) is 3.01. The Labute approximate surface area is 162 Å². The number of H-pyrrole nitrogens is 1. The summed E-state index contributed by atoms with van der Waals surface area (Å²) in [5.41, 5.74) is 10.1. The SMILES string of the molecule is CN1CCC(n2cc(-c3cnc(N)c(-c4nc5ccccc5[nH]4)n3)cn2)CC1. The minimum absolute atomic E-state index is 0.352. The zero-order valence-corrected chi connectivity index (χ0v) is 15.7. The highest BCUT2D eigenvalue weighted by molar-refractivity contribution is 5.80. The smallest absolute Gasteiger partial charge is 0.161 e. The first-order valence-corrected chi connectivity index (χ1v) is 9.48. The molecular formula is C20H22N8. The lowest BCUT2D eigenvalue weighted by Crippen LogP contribution is -2.31. The van der Waals surface area contributed by atoms with E-state index in [1.165, 1.54) is 0 Å². The average Bonchev–Trinajstić information content (AvgIpc) is 3.36. The van der Waals surface area contributed by atoms with Crippen molar-refractivity contribution in [2.24, 2.45) is 0 Å². The lowest BCUT2D eigenvalue weighted by molar-refractivity contribution is 0.212. The van der Waals surface area contributed by atoms with Crippen LogP contribution in [-0.4, -0.2) is 54.8 Å². The Morgan fingerprint density at radius 1 is 1.11 bits per heavy atom. The summed E-state index contributed by atoms with van der Waals surface area (Å²) >= 11 is 0. The predicted molar refractivity (Wildman–Crippen MR) is 109 cm³/mol. The van der Waals surface area contributed by atoms with Gasteiger partial charge in [-0.3, -0.25) is 4.68 Å². The number of anilines is 1. The van der Waals surface area contributed by atoms with E-state index in [1.54, 1.807) is 6.20 Å². The quantitative estimate of drug-likeness (QED) is 0.572. The van der Waals surface area contributed by atoms with E-state index in [0.29, 0.717) is 23.4 Å². The van der Waals surface area contributed by atoms with Crippen LogP contribution >= 0.6 is 0 Å². The van der Waals surface area contributed by atoms with Crippen molar-refractivity contribution >= 4 is 16.9 Å². The number of aromatic nitrogens is 6. The summed E-state index contributed by atoms with van der Waals surface area (Å²) in [5, 5.41) is 4.58. The molecule has 0 spiro atoms. The van der Waals surface area contributed by atoms with Crippen molar-refractivity contribution in [3.63, 3.8) is 0 Å². The monoisotopic (exact) mass is 374 g/mol. The molecule has 4 heterocycles. The Bertz CT molecular complexity index is 1090. The van der Waals surface area contributed by atoms with Crippen LogP contribution in [0, 0.1) is 0 Å². The van der Waals surface area contributed by atoms with Crippen LogP contribution in [0.15, 0.2) is 42.9 Å². The summed E-state index contributed by atoms with van der Waals surface area (Å²) in [6, 6.07) is 8.28. The molecule has 4 aromatic rings. The summed E-state index contributed by atoms with van der Waals surface area (Å²) < 4.78 is 2.06. The summed E-state index contributed by atoms with van der Waals surface area (Å²) in [7, 11) is 2.16. The van der Waals surface area contributed by atoms with Crippen LogP contribution in [0.2, 0.25) is 0 Å². The molecule has 5 rings (SSSR count). The van der Waals surface area contributed by atoms with Crippen molar-refractivity contribution in [1.29, 1.82) is 0 Å². The number of hydrogen-bond donors (Lipinski definition) is 2. The average molecular weight is 374 g/mol. The van der Waals surface area contributed by atoms with Gasteiger partial charge in [0, 0.05) is 11.8 Å². The van der Waals surface area contributed by atoms with Gasteiger partial charge in [0.15, 0.2) is 11.6 Å². The number of nitrogens with zero attached hydrogens (tertiary/aromatic N) is 6. The van der Waals surface area contributed by atoms with Gasteiger partial charge in [0.05, 0.1) is 35.2 Å². The highest BCUT2D eigenvalue weighted by atomic mass is 15.3. The number of nitrogens with one attached hydrogen (secondary N) is 1. The standard InChI is InChI=1S/C20H22N8/c1-27-8-6-14(7-9-27)28-12-13(10-23-28)17-11-22-19(21)18(24-17)20-25-15-4-2-3-5-16(15)26-20/h2-5,10-12,14H,6-9H2,1H3,(H2,21,22)(H,25,26). The molecule has 1 aliphatic heterocycles. The lowest BCUT2D eigenvalue weighted by Gasteiger charge is -2.28. The third-order valence-corrected chi connectivity index (χ3v) is 5.37. The molecule has 0 bridgehead atoms. The molecule has 8 nitrogen and oxygen atoms in total. The van der Waals surface area contributed by atoms with Crippen molar-refractivity contribution in [1.82, 2.24) is 34.6 Å². The van der Waals surface area contributed by atoms with Crippen molar-refractivity contribution in [3.8, 4) is 22.8 Å². The molecule has 0 aliphatic carbocycles. The van der Waals surface area contributed by atoms with Gasteiger partial charge in [0.25, 0.3) is 0 Å². The molecule has 0 saturated carbocycles.